The minimum absolute atomic E-state index is 0.0264. The molecule has 29 heavy (non-hydrogen) atoms. The van der Waals surface area contributed by atoms with Gasteiger partial charge in [0.15, 0.2) is 0 Å². The number of amides is 2. The molecule has 2 rings (SSSR count). The highest BCUT2D eigenvalue weighted by molar-refractivity contribution is 7.99. The second-order valence-electron chi connectivity index (χ2n) is 6.88. The van der Waals surface area contributed by atoms with Gasteiger partial charge in [0, 0.05) is 35.2 Å². The van der Waals surface area contributed by atoms with Gasteiger partial charge in [0.25, 0.3) is 0 Å². The molecule has 0 aromatic heterocycles. The monoisotopic (exact) mass is 432 g/mol. The molecule has 1 N–H and O–H groups in total. The number of nitrogens with one attached hydrogen (secondary N) is 1. The average Bonchev–Trinajstić information content (AvgIpc) is 2.73. The summed E-state index contributed by atoms with van der Waals surface area (Å²) in [5.74, 6) is 0.530. The zero-order valence-electron chi connectivity index (χ0n) is 17.1. The third-order valence-corrected chi connectivity index (χ3v) is 5.86. The zero-order valence-corrected chi connectivity index (χ0v) is 18.6. The Morgan fingerprint density at radius 1 is 1.10 bits per heavy atom. The Morgan fingerprint density at radius 3 is 2.45 bits per heavy atom. The number of hydrogen-bond donors (Lipinski definition) is 1. The lowest BCUT2D eigenvalue weighted by molar-refractivity contribution is -0.140. The van der Waals surface area contributed by atoms with Gasteiger partial charge in [-0.25, -0.2) is 0 Å². The van der Waals surface area contributed by atoms with Crippen LogP contribution >= 0.6 is 23.4 Å². The van der Waals surface area contributed by atoms with Gasteiger partial charge in [-0.15, -0.1) is 11.8 Å². The van der Waals surface area contributed by atoms with Crippen LogP contribution in [0.5, 0.6) is 0 Å². The smallest absolute Gasteiger partial charge is 0.242 e. The lowest BCUT2D eigenvalue weighted by atomic mass is 10.1. The number of carbonyl (C=O) groups excluding carboxylic acids is 2. The van der Waals surface area contributed by atoms with E-state index in [1.165, 1.54) is 0 Å². The molecule has 0 saturated carbocycles. The van der Waals surface area contributed by atoms with Gasteiger partial charge in [0.1, 0.15) is 6.04 Å². The molecule has 0 saturated heterocycles. The maximum Gasteiger partial charge on any atom is 0.242 e. The van der Waals surface area contributed by atoms with Crippen molar-refractivity contribution in [3.05, 3.63) is 65.2 Å². The van der Waals surface area contributed by atoms with Crippen molar-refractivity contribution in [3.63, 3.8) is 0 Å². The number of benzene rings is 2. The Balaban J connectivity index is 2.02. The van der Waals surface area contributed by atoms with Crippen LogP contribution in [0.3, 0.4) is 0 Å². The topological polar surface area (TPSA) is 49.4 Å². The Hall–Kier alpha value is -1.98. The summed E-state index contributed by atoms with van der Waals surface area (Å²) in [6, 6.07) is 16.9. The van der Waals surface area contributed by atoms with Gasteiger partial charge >= 0.3 is 0 Å². The van der Waals surface area contributed by atoms with E-state index in [1.807, 2.05) is 42.5 Å². The maximum absolute atomic E-state index is 13.0. The molecule has 0 fully saturated rings. The lowest BCUT2D eigenvalue weighted by Gasteiger charge is -2.29. The minimum Gasteiger partial charge on any atom is -0.354 e. The summed E-state index contributed by atoms with van der Waals surface area (Å²) in [6.45, 7) is 4.89. The van der Waals surface area contributed by atoms with E-state index in [1.54, 1.807) is 35.7 Å². The molecule has 2 aromatic rings. The Morgan fingerprint density at radius 2 is 1.79 bits per heavy atom. The van der Waals surface area contributed by atoms with Crippen LogP contribution in [0.15, 0.2) is 59.5 Å². The van der Waals surface area contributed by atoms with Crippen LogP contribution in [0.25, 0.3) is 0 Å². The van der Waals surface area contributed by atoms with Gasteiger partial charge in [-0.2, -0.15) is 0 Å². The number of nitrogens with zero attached hydrogens (tertiary/aromatic N) is 1. The first-order valence-corrected chi connectivity index (χ1v) is 11.4. The van der Waals surface area contributed by atoms with Gasteiger partial charge in [-0.3, -0.25) is 9.59 Å². The summed E-state index contributed by atoms with van der Waals surface area (Å²) in [5.41, 5.74) is 0.951. The van der Waals surface area contributed by atoms with Crippen molar-refractivity contribution in [2.24, 2.45) is 0 Å². The van der Waals surface area contributed by atoms with Crippen LogP contribution in [0.2, 0.25) is 5.02 Å². The molecule has 0 aliphatic rings. The standard InChI is InChI=1S/C23H29ClN2O2S/c1-3-4-15-25-23(28)18(2)26(17-19-10-12-20(24)13-11-19)22(27)14-16-29-21-8-6-5-7-9-21/h5-13,18H,3-4,14-17H2,1-2H3,(H,25,28)/t18-/m1/s1. The SMILES string of the molecule is CCCCNC(=O)[C@@H](C)N(Cc1ccc(Cl)cc1)C(=O)CCSc1ccccc1. The normalized spacial score (nSPS) is 11.7. The van der Waals surface area contributed by atoms with Crippen molar-refractivity contribution in [1.29, 1.82) is 0 Å². The highest BCUT2D eigenvalue weighted by Crippen LogP contribution is 2.20. The molecule has 0 spiro atoms. The van der Waals surface area contributed by atoms with Crippen LogP contribution < -0.4 is 5.32 Å². The van der Waals surface area contributed by atoms with Gasteiger partial charge in [0.2, 0.25) is 11.8 Å². The fraction of sp³-hybridized carbons (Fsp3) is 0.391. The maximum atomic E-state index is 13.0. The first-order chi connectivity index (χ1) is 14.0. The van der Waals surface area contributed by atoms with Gasteiger partial charge < -0.3 is 10.2 Å². The van der Waals surface area contributed by atoms with E-state index in [-0.39, 0.29) is 11.8 Å². The molecule has 0 bridgehead atoms. The highest BCUT2D eigenvalue weighted by Gasteiger charge is 2.25. The van der Waals surface area contributed by atoms with Crippen LogP contribution in [-0.4, -0.2) is 35.1 Å². The zero-order chi connectivity index (χ0) is 21.1. The van der Waals surface area contributed by atoms with Crippen molar-refractivity contribution in [2.45, 2.75) is 50.6 Å². The third kappa shape index (κ3) is 8.11. The molecular weight excluding hydrogens is 404 g/mol. The fourth-order valence-electron chi connectivity index (χ4n) is 2.82. The fourth-order valence-corrected chi connectivity index (χ4v) is 3.81. The molecule has 156 valence electrons. The van der Waals surface area contributed by atoms with Crippen LogP contribution in [0, 0.1) is 0 Å². The van der Waals surface area contributed by atoms with E-state index < -0.39 is 6.04 Å². The van der Waals surface area contributed by atoms with Crippen molar-refractivity contribution < 1.29 is 9.59 Å². The molecule has 1 atom stereocenters. The largest absolute Gasteiger partial charge is 0.354 e. The summed E-state index contributed by atoms with van der Waals surface area (Å²) in [7, 11) is 0. The number of rotatable bonds is 11. The molecule has 0 aliphatic carbocycles. The number of thioether (sulfide) groups is 1. The number of carbonyl (C=O) groups is 2. The van der Waals surface area contributed by atoms with E-state index >= 15 is 0 Å². The Kier molecular flexibility index (Phi) is 10.1. The summed E-state index contributed by atoms with van der Waals surface area (Å²) in [4.78, 5) is 28.4. The van der Waals surface area contributed by atoms with Crippen molar-refractivity contribution in [3.8, 4) is 0 Å². The first-order valence-electron chi connectivity index (χ1n) is 10.0. The van der Waals surface area contributed by atoms with E-state index in [2.05, 4.69) is 12.2 Å². The van der Waals surface area contributed by atoms with Crippen LogP contribution in [-0.2, 0) is 16.1 Å². The molecule has 2 amide bonds. The number of halogens is 1. The van der Waals surface area contributed by atoms with Crippen LogP contribution in [0.4, 0.5) is 0 Å². The minimum atomic E-state index is -0.531. The van der Waals surface area contributed by atoms with Crippen LogP contribution in [0.1, 0.15) is 38.7 Å². The second-order valence-corrected chi connectivity index (χ2v) is 8.48. The molecule has 0 aliphatic heterocycles. The molecule has 0 radical (unpaired) electrons. The molecule has 0 heterocycles. The summed E-state index contributed by atoms with van der Waals surface area (Å²) >= 11 is 7.62. The Labute approximate surface area is 183 Å². The highest BCUT2D eigenvalue weighted by atomic mass is 35.5. The van der Waals surface area contributed by atoms with Gasteiger partial charge in [-0.1, -0.05) is 55.3 Å². The molecule has 6 heteroatoms. The predicted octanol–water partition coefficient (Wildman–Crippen LogP) is 5.16. The van der Waals surface area contributed by atoms with Crippen molar-refractivity contribution in [2.75, 3.05) is 12.3 Å². The third-order valence-electron chi connectivity index (χ3n) is 4.59. The van der Waals surface area contributed by atoms with E-state index in [0.717, 1.165) is 23.3 Å². The van der Waals surface area contributed by atoms with Gasteiger partial charge in [0.05, 0.1) is 0 Å². The quantitative estimate of drug-likeness (QED) is 0.394. The molecular formula is C23H29ClN2O2S. The molecule has 0 unspecified atom stereocenters. The molecule has 4 nitrogen and oxygen atoms in total. The second kappa shape index (κ2) is 12.6. The first kappa shape index (κ1) is 23.3. The summed E-state index contributed by atoms with van der Waals surface area (Å²) in [5, 5.41) is 3.59. The van der Waals surface area contributed by atoms with Crippen molar-refractivity contribution >= 4 is 35.2 Å². The van der Waals surface area contributed by atoms with Crippen molar-refractivity contribution in [1.82, 2.24) is 10.2 Å². The van der Waals surface area contributed by atoms with E-state index in [0.29, 0.717) is 30.3 Å². The lowest BCUT2D eigenvalue weighted by Crippen LogP contribution is -2.47. The number of hydrogen-bond acceptors (Lipinski definition) is 3. The van der Waals surface area contributed by atoms with Gasteiger partial charge in [-0.05, 0) is 43.2 Å². The predicted molar refractivity (Wildman–Crippen MR) is 121 cm³/mol. The van der Waals surface area contributed by atoms with E-state index in [9.17, 15) is 9.59 Å². The Bertz CT molecular complexity index is 768. The summed E-state index contributed by atoms with van der Waals surface area (Å²) in [6.07, 6.45) is 2.32. The summed E-state index contributed by atoms with van der Waals surface area (Å²) < 4.78 is 0. The number of unbranched alkanes of at least 4 members (excludes halogenated alkanes) is 1. The molecule has 2 aromatic carbocycles. The average molecular weight is 433 g/mol. The van der Waals surface area contributed by atoms with E-state index in [4.69, 9.17) is 11.6 Å².